The summed E-state index contributed by atoms with van der Waals surface area (Å²) < 4.78 is 52.3. The van der Waals surface area contributed by atoms with Crippen molar-refractivity contribution < 1.29 is 22.6 Å². The molecule has 39 heavy (non-hydrogen) atoms. The maximum absolute atomic E-state index is 13.0. The van der Waals surface area contributed by atoms with Crippen molar-refractivity contribution in [2.24, 2.45) is 0 Å². The standard InChI is InChI=1S/C26H29F3N8O2/c1-2-38-23-5-3-4-18(32-23)16-6-9-36(10-7-16)15-22-31-19-12-20(24-33-25(35-34-24)26(27,28)29)30-13-21(19)37(22)14-17-8-11-39-17/h3-5,12-13,16-17H,2,6-11,14-15H2,1H3,(H,33,34,35)/t17-/m0/s1. The van der Waals surface area contributed by atoms with E-state index in [4.69, 9.17) is 14.5 Å². The molecule has 0 spiro atoms. The van der Waals surface area contributed by atoms with Crippen LogP contribution in [0.15, 0.2) is 30.5 Å². The summed E-state index contributed by atoms with van der Waals surface area (Å²) in [6.45, 7) is 6.38. The van der Waals surface area contributed by atoms with Crippen LogP contribution in [0.1, 0.15) is 49.4 Å². The second-order valence-corrected chi connectivity index (χ2v) is 9.87. The Balaban J connectivity index is 1.21. The molecule has 4 aromatic rings. The van der Waals surface area contributed by atoms with E-state index in [9.17, 15) is 13.2 Å². The van der Waals surface area contributed by atoms with Gasteiger partial charge in [0.2, 0.25) is 11.7 Å². The summed E-state index contributed by atoms with van der Waals surface area (Å²) in [5.74, 6) is 0.638. The first-order chi connectivity index (χ1) is 18.9. The van der Waals surface area contributed by atoms with E-state index in [0.717, 1.165) is 56.0 Å². The summed E-state index contributed by atoms with van der Waals surface area (Å²) in [5, 5.41) is 5.65. The van der Waals surface area contributed by atoms with Gasteiger partial charge in [0.05, 0.1) is 43.0 Å². The Kier molecular flexibility index (Phi) is 6.94. The van der Waals surface area contributed by atoms with Gasteiger partial charge in [0.15, 0.2) is 5.82 Å². The molecular weight excluding hydrogens is 513 g/mol. The van der Waals surface area contributed by atoms with Crippen molar-refractivity contribution in [1.82, 2.24) is 39.6 Å². The van der Waals surface area contributed by atoms with Gasteiger partial charge in [-0.3, -0.25) is 15.0 Å². The quantitative estimate of drug-likeness (QED) is 0.353. The van der Waals surface area contributed by atoms with E-state index >= 15 is 0 Å². The van der Waals surface area contributed by atoms with E-state index in [2.05, 4.69) is 35.6 Å². The average molecular weight is 543 g/mol. The van der Waals surface area contributed by atoms with Crippen LogP contribution < -0.4 is 4.74 Å². The number of hydrogen-bond acceptors (Lipinski definition) is 8. The summed E-state index contributed by atoms with van der Waals surface area (Å²) in [6, 6.07) is 7.59. The fourth-order valence-electron chi connectivity index (χ4n) is 5.13. The van der Waals surface area contributed by atoms with Gasteiger partial charge in [-0.25, -0.2) is 15.0 Å². The van der Waals surface area contributed by atoms with Crippen molar-refractivity contribution in [3.05, 3.63) is 47.8 Å². The van der Waals surface area contributed by atoms with Crippen LogP contribution in [0.25, 0.3) is 22.6 Å². The van der Waals surface area contributed by atoms with E-state index in [1.54, 1.807) is 12.3 Å². The number of nitrogens with one attached hydrogen (secondary N) is 1. The lowest BCUT2D eigenvalue weighted by atomic mass is 9.93. The van der Waals surface area contributed by atoms with Crippen LogP contribution >= 0.6 is 0 Å². The van der Waals surface area contributed by atoms with Crippen molar-refractivity contribution in [2.45, 2.75) is 57.5 Å². The molecule has 4 aromatic heterocycles. The second kappa shape index (κ2) is 10.5. The molecular formula is C26H29F3N8O2. The summed E-state index contributed by atoms with van der Waals surface area (Å²) in [4.78, 5) is 19.9. The highest BCUT2D eigenvalue weighted by molar-refractivity contribution is 5.78. The molecule has 0 unspecified atom stereocenters. The van der Waals surface area contributed by atoms with E-state index in [0.29, 0.717) is 37.0 Å². The number of rotatable bonds is 8. The molecule has 6 heterocycles. The van der Waals surface area contributed by atoms with Gasteiger partial charge in [-0.1, -0.05) is 6.07 Å². The molecule has 1 atom stereocenters. The number of piperidine rings is 1. The number of aromatic nitrogens is 7. The van der Waals surface area contributed by atoms with Gasteiger partial charge >= 0.3 is 6.18 Å². The molecule has 0 aromatic carbocycles. The number of alkyl halides is 3. The molecule has 0 aliphatic carbocycles. The Morgan fingerprint density at radius 1 is 1.13 bits per heavy atom. The fourth-order valence-corrected chi connectivity index (χ4v) is 5.13. The predicted molar refractivity (Wildman–Crippen MR) is 135 cm³/mol. The first-order valence-corrected chi connectivity index (χ1v) is 13.2. The zero-order valence-electron chi connectivity index (χ0n) is 21.5. The van der Waals surface area contributed by atoms with Crippen LogP contribution in [-0.2, 0) is 24.0 Å². The van der Waals surface area contributed by atoms with Gasteiger partial charge < -0.3 is 14.0 Å². The molecule has 0 bridgehead atoms. The zero-order valence-corrected chi connectivity index (χ0v) is 21.5. The number of pyridine rings is 2. The second-order valence-electron chi connectivity index (χ2n) is 9.87. The molecule has 0 radical (unpaired) electrons. The van der Waals surface area contributed by atoms with E-state index in [1.807, 2.05) is 24.2 Å². The number of likely N-dealkylation sites (tertiary alicyclic amines) is 1. The summed E-state index contributed by atoms with van der Waals surface area (Å²) in [6.07, 6.45) is 0.0629. The Morgan fingerprint density at radius 3 is 2.64 bits per heavy atom. The highest BCUT2D eigenvalue weighted by atomic mass is 19.4. The van der Waals surface area contributed by atoms with Gasteiger partial charge in [-0.2, -0.15) is 18.3 Å². The summed E-state index contributed by atoms with van der Waals surface area (Å²) in [7, 11) is 0. The highest BCUT2D eigenvalue weighted by Crippen LogP contribution is 2.31. The number of aromatic amines is 1. The molecule has 2 saturated heterocycles. The van der Waals surface area contributed by atoms with Crippen molar-refractivity contribution in [3.8, 4) is 17.4 Å². The lowest BCUT2D eigenvalue weighted by Gasteiger charge is -2.32. The third-order valence-corrected chi connectivity index (χ3v) is 7.28. The Morgan fingerprint density at radius 2 is 1.95 bits per heavy atom. The van der Waals surface area contributed by atoms with Crippen LogP contribution in [0, 0.1) is 0 Å². The summed E-state index contributed by atoms with van der Waals surface area (Å²) in [5.41, 5.74) is 2.74. The minimum absolute atomic E-state index is 0.109. The van der Waals surface area contributed by atoms with Crippen LogP contribution in [0.4, 0.5) is 13.2 Å². The van der Waals surface area contributed by atoms with Gasteiger partial charge in [-0.05, 0) is 51.4 Å². The molecule has 13 heteroatoms. The maximum atomic E-state index is 13.0. The number of H-pyrrole nitrogens is 1. The lowest BCUT2D eigenvalue weighted by Crippen LogP contribution is -2.35. The number of ether oxygens (including phenoxy) is 2. The lowest BCUT2D eigenvalue weighted by molar-refractivity contribution is -0.144. The van der Waals surface area contributed by atoms with Gasteiger partial charge in [0.25, 0.3) is 0 Å². The molecule has 2 fully saturated rings. The van der Waals surface area contributed by atoms with Gasteiger partial charge in [0, 0.05) is 24.3 Å². The largest absolute Gasteiger partial charge is 0.478 e. The monoisotopic (exact) mass is 542 g/mol. The molecule has 6 rings (SSSR count). The first-order valence-electron chi connectivity index (χ1n) is 13.2. The van der Waals surface area contributed by atoms with E-state index in [-0.39, 0.29) is 17.6 Å². The SMILES string of the molecule is CCOc1cccc(C2CCN(Cc3nc4cc(-c5n[nH]c(C(F)(F)F)n5)ncc4n3C[C@@H]3CCO3)CC2)n1. The van der Waals surface area contributed by atoms with Gasteiger partial charge in [0.1, 0.15) is 11.5 Å². The molecule has 2 aliphatic heterocycles. The molecule has 10 nitrogen and oxygen atoms in total. The number of hydrogen-bond donors (Lipinski definition) is 1. The third kappa shape index (κ3) is 5.46. The highest BCUT2D eigenvalue weighted by Gasteiger charge is 2.35. The van der Waals surface area contributed by atoms with Crippen LogP contribution in [0.2, 0.25) is 0 Å². The Bertz CT molecular complexity index is 1440. The normalized spacial score (nSPS) is 18.9. The molecule has 0 saturated carbocycles. The Hall–Kier alpha value is -3.58. The minimum Gasteiger partial charge on any atom is -0.478 e. The van der Waals surface area contributed by atoms with Crippen molar-refractivity contribution >= 4 is 11.0 Å². The Labute approximate surface area is 222 Å². The fraction of sp³-hybridized carbons (Fsp3) is 0.500. The number of halogens is 3. The molecule has 206 valence electrons. The smallest absolute Gasteiger partial charge is 0.451 e. The van der Waals surface area contributed by atoms with Crippen molar-refractivity contribution in [2.75, 3.05) is 26.3 Å². The van der Waals surface area contributed by atoms with E-state index in [1.165, 1.54) is 0 Å². The summed E-state index contributed by atoms with van der Waals surface area (Å²) >= 11 is 0. The third-order valence-electron chi connectivity index (χ3n) is 7.28. The maximum Gasteiger partial charge on any atom is 0.451 e. The zero-order chi connectivity index (χ0) is 27.0. The van der Waals surface area contributed by atoms with Crippen molar-refractivity contribution in [1.29, 1.82) is 0 Å². The van der Waals surface area contributed by atoms with Crippen LogP contribution in [0.5, 0.6) is 5.88 Å². The van der Waals surface area contributed by atoms with Gasteiger partial charge in [-0.15, -0.1) is 0 Å². The van der Waals surface area contributed by atoms with E-state index < -0.39 is 12.0 Å². The predicted octanol–water partition coefficient (Wildman–Crippen LogP) is 4.20. The number of nitrogens with zero attached hydrogens (tertiary/aromatic N) is 7. The number of imidazole rings is 1. The molecule has 0 amide bonds. The topological polar surface area (TPSA) is 107 Å². The first kappa shape index (κ1) is 25.7. The van der Waals surface area contributed by atoms with Crippen LogP contribution in [-0.4, -0.2) is 72.0 Å². The molecule has 1 N–H and O–H groups in total. The minimum atomic E-state index is -4.61. The van der Waals surface area contributed by atoms with Crippen molar-refractivity contribution in [3.63, 3.8) is 0 Å². The average Bonchev–Trinajstić information content (AvgIpc) is 3.52. The molecule has 2 aliphatic rings. The number of fused-ring (bicyclic) bond motifs is 1. The van der Waals surface area contributed by atoms with Crippen LogP contribution in [0.3, 0.4) is 0 Å².